The lowest BCUT2D eigenvalue weighted by atomic mass is 10.4. The molecule has 0 saturated carbocycles. The molecule has 3 N–H and O–H groups in total. The van der Waals surface area contributed by atoms with Gasteiger partial charge < -0.3 is 5.32 Å². The van der Waals surface area contributed by atoms with Crippen molar-refractivity contribution in [3.8, 4) is 0 Å². The van der Waals surface area contributed by atoms with E-state index >= 15 is 0 Å². The largest absolute Gasteiger partial charge is 0.364 e. The van der Waals surface area contributed by atoms with Crippen LogP contribution in [-0.4, -0.2) is 29.8 Å². The van der Waals surface area contributed by atoms with Crippen molar-refractivity contribution < 1.29 is 0 Å². The third-order valence-corrected chi connectivity index (χ3v) is 2.33. The van der Waals surface area contributed by atoms with Gasteiger partial charge in [-0.05, 0) is 6.07 Å². The van der Waals surface area contributed by atoms with Crippen molar-refractivity contribution in [3.05, 3.63) is 40.8 Å². The first-order valence-electron chi connectivity index (χ1n) is 4.98. The van der Waals surface area contributed by atoms with E-state index in [9.17, 15) is 4.79 Å². The third kappa shape index (κ3) is 1.75. The number of rotatable bonds is 3. The van der Waals surface area contributed by atoms with Crippen molar-refractivity contribution in [2.75, 3.05) is 5.32 Å². The molecule has 8 heteroatoms. The van der Waals surface area contributed by atoms with Gasteiger partial charge in [-0.1, -0.05) is 0 Å². The van der Waals surface area contributed by atoms with E-state index in [0.717, 1.165) is 5.69 Å². The van der Waals surface area contributed by atoms with E-state index in [0.29, 0.717) is 18.0 Å². The fraction of sp³-hybridized carbons (Fsp3) is 0.111. The van der Waals surface area contributed by atoms with Crippen LogP contribution in [0.25, 0.3) is 5.65 Å². The summed E-state index contributed by atoms with van der Waals surface area (Å²) in [7, 11) is 0. The normalized spacial score (nSPS) is 10.8. The van der Waals surface area contributed by atoms with Crippen LogP contribution in [0.3, 0.4) is 0 Å². The maximum atomic E-state index is 11.2. The number of aromatic nitrogens is 6. The Bertz CT molecular complexity index is 681. The highest BCUT2D eigenvalue weighted by atomic mass is 16.1. The highest BCUT2D eigenvalue weighted by Gasteiger charge is 2.02. The first kappa shape index (κ1) is 9.58. The van der Waals surface area contributed by atoms with Crippen LogP contribution in [0.5, 0.6) is 0 Å². The zero-order chi connectivity index (χ0) is 11.7. The van der Waals surface area contributed by atoms with Crippen LogP contribution in [0.4, 0.5) is 5.82 Å². The highest BCUT2D eigenvalue weighted by molar-refractivity contribution is 5.48. The van der Waals surface area contributed by atoms with Crippen LogP contribution >= 0.6 is 0 Å². The number of fused-ring (bicyclic) bond motifs is 1. The molecule has 0 aliphatic heterocycles. The monoisotopic (exact) mass is 231 g/mol. The van der Waals surface area contributed by atoms with E-state index < -0.39 is 0 Å². The Balaban J connectivity index is 1.83. The Kier molecular flexibility index (Phi) is 2.11. The van der Waals surface area contributed by atoms with Crippen molar-refractivity contribution in [2.45, 2.75) is 6.54 Å². The van der Waals surface area contributed by atoms with Gasteiger partial charge in [-0.2, -0.15) is 10.2 Å². The van der Waals surface area contributed by atoms with Crippen molar-refractivity contribution in [3.63, 3.8) is 0 Å². The van der Waals surface area contributed by atoms with Crippen LogP contribution in [0.2, 0.25) is 0 Å². The van der Waals surface area contributed by atoms with Gasteiger partial charge in [0.2, 0.25) is 0 Å². The van der Waals surface area contributed by atoms with Gasteiger partial charge in [0.25, 0.3) is 0 Å². The lowest BCUT2D eigenvalue weighted by molar-refractivity contribution is 0.961. The van der Waals surface area contributed by atoms with E-state index in [-0.39, 0.29) is 5.69 Å². The van der Waals surface area contributed by atoms with Gasteiger partial charge in [0.15, 0.2) is 5.65 Å². The third-order valence-electron chi connectivity index (χ3n) is 2.33. The molecule has 0 aliphatic carbocycles. The average molecular weight is 231 g/mol. The molecule has 0 radical (unpaired) electrons. The van der Waals surface area contributed by atoms with Gasteiger partial charge in [0.05, 0.1) is 12.2 Å². The Hall–Kier alpha value is -2.64. The van der Waals surface area contributed by atoms with Gasteiger partial charge in [-0.25, -0.2) is 19.3 Å². The topological polar surface area (TPSA) is 104 Å². The van der Waals surface area contributed by atoms with Gasteiger partial charge in [0, 0.05) is 12.3 Å². The van der Waals surface area contributed by atoms with Crippen molar-refractivity contribution in [2.24, 2.45) is 0 Å². The number of H-pyrrole nitrogens is 2. The Labute approximate surface area is 94.7 Å². The lowest BCUT2D eigenvalue weighted by Gasteiger charge is -2.02. The summed E-state index contributed by atoms with van der Waals surface area (Å²) >= 11 is 0. The fourth-order valence-electron chi connectivity index (χ4n) is 1.48. The minimum absolute atomic E-state index is 0.299. The maximum Gasteiger partial charge on any atom is 0.348 e. The molecule has 3 heterocycles. The van der Waals surface area contributed by atoms with E-state index in [2.05, 4.69) is 30.7 Å². The van der Waals surface area contributed by atoms with Crippen LogP contribution in [0.1, 0.15) is 5.69 Å². The first-order valence-corrected chi connectivity index (χ1v) is 4.98. The molecule has 0 fully saturated rings. The Morgan fingerprint density at radius 3 is 3.18 bits per heavy atom. The van der Waals surface area contributed by atoms with Gasteiger partial charge in [0.1, 0.15) is 12.1 Å². The summed E-state index contributed by atoms with van der Waals surface area (Å²) in [6.07, 6.45) is 3.11. The summed E-state index contributed by atoms with van der Waals surface area (Å²) in [5, 5.41) is 16.0. The number of nitrogens with zero attached hydrogens (tertiary/aromatic N) is 4. The predicted octanol–water partition coefficient (Wildman–Crippen LogP) is -0.247. The summed E-state index contributed by atoms with van der Waals surface area (Å²) in [5.41, 5.74) is 1.18. The van der Waals surface area contributed by atoms with E-state index in [1.54, 1.807) is 12.3 Å². The molecule has 0 aromatic carbocycles. The number of hydrogen-bond donors (Lipinski definition) is 3. The molecule has 0 aliphatic rings. The minimum atomic E-state index is -0.299. The zero-order valence-corrected chi connectivity index (χ0v) is 8.71. The second kappa shape index (κ2) is 3.74. The zero-order valence-electron chi connectivity index (χ0n) is 8.71. The summed E-state index contributed by atoms with van der Waals surface area (Å²) in [6.45, 7) is 0.581. The maximum absolute atomic E-state index is 11.2. The molecule has 3 rings (SSSR count). The summed E-state index contributed by atoms with van der Waals surface area (Å²) in [6, 6.07) is 3.55. The van der Waals surface area contributed by atoms with Crippen LogP contribution in [0, 0.1) is 0 Å². The number of aromatic amines is 2. The smallest absolute Gasteiger partial charge is 0.348 e. The molecule has 0 spiro atoms. The molecule has 8 nitrogen and oxygen atoms in total. The lowest BCUT2D eigenvalue weighted by Crippen LogP contribution is -2.10. The quantitative estimate of drug-likeness (QED) is 0.576. The molecule has 86 valence electrons. The summed E-state index contributed by atoms with van der Waals surface area (Å²) in [5.74, 6) is 0.645. The molecule has 0 amide bonds. The first-order chi connectivity index (χ1) is 8.33. The predicted molar refractivity (Wildman–Crippen MR) is 59.5 cm³/mol. The highest BCUT2D eigenvalue weighted by Crippen LogP contribution is 2.05. The van der Waals surface area contributed by atoms with Gasteiger partial charge in [-0.15, -0.1) is 0 Å². The molecule has 3 aromatic rings. The molecule has 0 bridgehead atoms. The number of anilines is 1. The fourth-order valence-corrected chi connectivity index (χ4v) is 1.48. The molecular weight excluding hydrogens is 222 g/mol. The second-order valence-electron chi connectivity index (χ2n) is 3.47. The number of hydrogen-bond acceptors (Lipinski definition) is 5. The Morgan fingerprint density at radius 1 is 1.41 bits per heavy atom. The number of nitrogens with one attached hydrogen (secondary N) is 3. The molecule has 3 aromatic heterocycles. The molecule has 0 saturated heterocycles. The average Bonchev–Trinajstić information content (AvgIpc) is 2.97. The standard InChI is InChI=1S/C9H9N7O/c17-9-15-14-8-3-7(11-5-16(8)9)10-4-6-1-2-12-13-6/h1-3,5,10H,4H2,(H,12,13)(H,15,17). The summed E-state index contributed by atoms with van der Waals surface area (Å²) in [4.78, 5) is 15.3. The summed E-state index contributed by atoms with van der Waals surface area (Å²) < 4.78 is 1.33. The van der Waals surface area contributed by atoms with Gasteiger partial charge in [-0.3, -0.25) is 5.10 Å². The SMILES string of the molecule is O=c1[nH]nc2cc(NCc3ccn[nH]3)ncn12. The Morgan fingerprint density at radius 2 is 2.35 bits per heavy atom. The van der Waals surface area contributed by atoms with Crippen molar-refractivity contribution >= 4 is 11.5 Å². The van der Waals surface area contributed by atoms with Crippen LogP contribution in [0.15, 0.2) is 29.5 Å². The van der Waals surface area contributed by atoms with E-state index in [1.165, 1.54) is 10.7 Å². The minimum Gasteiger partial charge on any atom is -0.364 e. The molecular formula is C9H9N7O. The van der Waals surface area contributed by atoms with Crippen LogP contribution in [-0.2, 0) is 6.54 Å². The van der Waals surface area contributed by atoms with E-state index in [1.807, 2.05) is 6.07 Å². The van der Waals surface area contributed by atoms with Crippen molar-refractivity contribution in [1.29, 1.82) is 0 Å². The van der Waals surface area contributed by atoms with Crippen LogP contribution < -0.4 is 11.0 Å². The molecule has 17 heavy (non-hydrogen) atoms. The second-order valence-corrected chi connectivity index (χ2v) is 3.47. The molecule has 0 atom stereocenters. The van der Waals surface area contributed by atoms with E-state index in [4.69, 9.17) is 0 Å². The van der Waals surface area contributed by atoms with Gasteiger partial charge >= 0.3 is 5.69 Å². The molecule has 0 unspecified atom stereocenters. The van der Waals surface area contributed by atoms with Crippen molar-refractivity contribution in [1.82, 2.24) is 29.8 Å².